The lowest BCUT2D eigenvalue weighted by atomic mass is 10.1. The highest BCUT2D eigenvalue weighted by Gasteiger charge is 2.12. The van der Waals surface area contributed by atoms with Crippen LogP contribution in [0.4, 0.5) is 5.69 Å². The molecule has 0 radical (unpaired) electrons. The summed E-state index contributed by atoms with van der Waals surface area (Å²) >= 11 is 0. The number of benzene rings is 1. The van der Waals surface area contributed by atoms with E-state index < -0.39 is 0 Å². The van der Waals surface area contributed by atoms with E-state index in [9.17, 15) is 0 Å². The van der Waals surface area contributed by atoms with E-state index in [0.29, 0.717) is 28.7 Å². The minimum absolute atomic E-state index is 0.581. The number of rotatable bonds is 3. The monoisotopic (exact) mass is 259 g/mol. The number of nitrogens with two attached hydrogens (primary N) is 1. The number of nitrogens with zero attached hydrogens (tertiary/aromatic N) is 2. The first-order chi connectivity index (χ1) is 9.06. The number of nitrogen functional groups attached to an aromatic ring is 1. The van der Waals surface area contributed by atoms with Gasteiger partial charge >= 0.3 is 0 Å². The average Bonchev–Trinajstić information content (AvgIpc) is 2.42. The Labute approximate surface area is 112 Å². The van der Waals surface area contributed by atoms with Gasteiger partial charge in [0.1, 0.15) is 5.82 Å². The van der Waals surface area contributed by atoms with Crippen molar-refractivity contribution in [2.45, 2.75) is 13.8 Å². The Balaban J connectivity index is 2.59. The largest absolute Gasteiger partial charge is 0.493 e. The molecule has 0 aliphatic carbocycles. The van der Waals surface area contributed by atoms with Crippen molar-refractivity contribution in [2.24, 2.45) is 0 Å². The van der Waals surface area contributed by atoms with E-state index in [-0.39, 0.29) is 0 Å². The molecular formula is C14H17N3O2. The van der Waals surface area contributed by atoms with Crippen LogP contribution < -0.4 is 15.2 Å². The summed E-state index contributed by atoms with van der Waals surface area (Å²) in [6.45, 7) is 3.71. The number of aromatic nitrogens is 2. The summed E-state index contributed by atoms with van der Waals surface area (Å²) in [6, 6.07) is 5.59. The van der Waals surface area contributed by atoms with Crippen LogP contribution in [-0.4, -0.2) is 24.2 Å². The van der Waals surface area contributed by atoms with Gasteiger partial charge in [-0.3, -0.25) is 0 Å². The molecule has 100 valence electrons. The molecule has 2 rings (SSSR count). The number of hydrogen-bond donors (Lipinski definition) is 1. The van der Waals surface area contributed by atoms with Gasteiger partial charge in [0, 0.05) is 5.56 Å². The van der Waals surface area contributed by atoms with Crippen molar-refractivity contribution >= 4 is 5.69 Å². The molecule has 0 saturated carbocycles. The molecule has 19 heavy (non-hydrogen) atoms. The fourth-order valence-electron chi connectivity index (χ4n) is 1.92. The average molecular weight is 259 g/mol. The summed E-state index contributed by atoms with van der Waals surface area (Å²) in [6.07, 6.45) is 0. The Morgan fingerprint density at radius 1 is 1.00 bits per heavy atom. The van der Waals surface area contributed by atoms with Gasteiger partial charge in [0.2, 0.25) is 0 Å². The molecule has 0 aliphatic rings. The molecule has 0 spiro atoms. The van der Waals surface area contributed by atoms with Crippen LogP contribution >= 0.6 is 0 Å². The van der Waals surface area contributed by atoms with E-state index in [2.05, 4.69) is 9.97 Å². The van der Waals surface area contributed by atoms with Crippen LogP contribution in [-0.2, 0) is 0 Å². The highest BCUT2D eigenvalue weighted by Crippen LogP contribution is 2.34. The van der Waals surface area contributed by atoms with Crippen molar-refractivity contribution in [1.82, 2.24) is 9.97 Å². The molecule has 0 atom stereocenters. The molecule has 0 amide bonds. The van der Waals surface area contributed by atoms with Crippen molar-refractivity contribution in [3.8, 4) is 22.8 Å². The molecule has 1 aromatic carbocycles. The topological polar surface area (TPSA) is 70.3 Å². The number of anilines is 1. The molecule has 0 saturated heterocycles. The highest BCUT2D eigenvalue weighted by atomic mass is 16.5. The molecule has 0 fully saturated rings. The van der Waals surface area contributed by atoms with E-state index in [0.717, 1.165) is 11.3 Å². The van der Waals surface area contributed by atoms with Crippen LogP contribution in [0.5, 0.6) is 11.5 Å². The van der Waals surface area contributed by atoms with Crippen molar-refractivity contribution in [3.05, 3.63) is 29.7 Å². The van der Waals surface area contributed by atoms with Gasteiger partial charge in [-0.25, -0.2) is 9.97 Å². The van der Waals surface area contributed by atoms with Crippen LogP contribution in [0.3, 0.4) is 0 Å². The third-order valence-corrected chi connectivity index (χ3v) is 2.91. The summed E-state index contributed by atoms with van der Waals surface area (Å²) < 4.78 is 10.5. The predicted octanol–water partition coefficient (Wildman–Crippen LogP) is 2.36. The quantitative estimate of drug-likeness (QED) is 0.916. The van der Waals surface area contributed by atoms with Gasteiger partial charge in [0.05, 0.1) is 31.3 Å². The van der Waals surface area contributed by atoms with E-state index >= 15 is 0 Å². The maximum Gasteiger partial charge on any atom is 0.161 e. The summed E-state index contributed by atoms with van der Waals surface area (Å²) in [4.78, 5) is 8.65. The summed E-state index contributed by atoms with van der Waals surface area (Å²) in [5, 5.41) is 0. The van der Waals surface area contributed by atoms with Crippen LogP contribution in [0.2, 0.25) is 0 Å². The fraction of sp³-hybridized carbons (Fsp3) is 0.286. The van der Waals surface area contributed by atoms with E-state index in [1.54, 1.807) is 14.2 Å². The standard InChI is InChI=1S/C14H17N3O2/c1-8-13(15)14(17-9(2)16-8)10-5-6-11(18-3)12(7-10)19-4/h5-7H,15H2,1-4H3. The Morgan fingerprint density at radius 2 is 1.68 bits per heavy atom. The first-order valence-corrected chi connectivity index (χ1v) is 5.90. The molecule has 1 aromatic heterocycles. The van der Waals surface area contributed by atoms with Gasteiger partial charge in [-0.05, 0) is 32.0 Å². The molecule has 0 aliphatic heterocycles. The van der Waals surface area contributed by atoms with Crippen LogP contribution in [0, 0.1) is 13.8 Å². The van der Waals surface area contributed by atoms with E-state index in [4.69, 9.17) is 15.2 Å². The van der Waals surface area contributed by atoms with Crippen molar-refractivity contribution < 1.29 is 9.47 Å². The zero-order valence-corrected chi connectivity index (χ0v) is 11.5. The van der Waals surface area contributed by atoms with Gasteiger partial charge in [-0.15, -0.1) is 0 Å². The smallest absolute Gasteiger partial charge is 0.161 e. The van der Waals surface area contributed by atoms with Crippen molar-refractivity contribution in [1.29, 1.82) is 0 Å². The first kappa shape index (κ1) is 13.1. The zero-order chi connectivity index (χ0) is 14.0. The van der Waals surface area contributed by atoms with E-state index in [1.807, 2.05) is 32.0 Å². The molecule has 2 N–H and O–H groups in total. The first-order valence-electron chi connectivity index (χ1n) is 5.90. The van der Waals surface area contributed by atoms with Gasteiger partial charge in [0.15, 0.2) is 11.5 Å². The summed E-state index contributed by atoms with van der Waals surface area (Å²) in [7, 11) is 3.20. The van der Waals surface area contributed by atoms with Gasteiger partial charge in [-0.2, -0.15) is 0 Å². The highest BCUT2D eigenvalue weighted by molar-refractivity contribution is 5.75. The van der Waals surface area contributed by atoms with Crippen molar-refractivity contribution in [2.75, 3.05) is 20.0 Å². The second-order valence-electron chi connectivity index (χ2n) is 4.19. The third-order valence-electron chi connectivity index (χ3n) is 2.91. The SMILES string of the molecule is COc1ccc(-c2nc(C)nc(C)c2N)cc1OC. The molecule has 5 nitrogen and oxygen atoms in total. The zero-order valence-electron chi connectivity index (χ0n) is 11.5. The Kier molecular flexibility index (Phi) is 3.55. The van der Waals surface area contributed by atoms with Crippen LogP contribution in [0.25, 0.3) is 11.3 Å². The van der Waals surface area contributed by atoms with E-state index in [1.165, 1.54) is 0 Å². The van der Waals surface area contributed by atoms with Crippen molar-refractivity contribution in [3.63, 3.8) is 0 Å². The molecule has 1 heterocycles. The second kappa shape index (κ2) is 5.14. The maximum absolute atomic E-state index is 6.05. The lowest BCUT2D eigenvalue weighted by Gasteiger charge is -2.12. The molecule has 0 bridgehead atoms. The lowest BCUT2D eigenvalue weighted by molar-refractivity contribution is 0.355. The van der Waals surface area contributed by atoms with Crippen LogP contribution in [0.15, 0.2) is 18.2 Å². The molecular weight excluding hydrogens is 242 g/mol. The Hall–Kier alpha value is -2.30. The van der Waals surface area contributed by atoms with Crippen LogP contribution in [0.1, 0.15) is 11.5 Å². The van der Waals surface area contributed by atoms with Gasteiger partial charge in [-0.1, -0.05) is 0 Å². The van der Waals surface area contributed by atoms with Gasteiger partial charge < -0.3 is 15.2 Å². The maximum atomic E-state index is 6.05. The molecule has 0 unspecified atom stereocenters. The lowest BCUT2D eigenvalue weighted by Crippen LogP contribution is -2.02. The number of hydrogen-bond acceptors (Lipinski definition) is 5. The third kappa shape index (κ3) is 2.45. The summed E-state index contributed by atoms with van der Waals surface area (Å²) in [5.41, 5.74) is 9.00. The minimum atomic E-state index is 0.581. The number of ether oxygens (including phenoxy) is 2. The summed E-state index contributed by atoms with van der Waals surface area (Å²) in [5.74, 6) is 2.01. The Morgan fingerprint density at radius 3 is 2.32 bits per heavy atom. The van der Waals surface area contributed by atoms with Gasteiger partial charge in [0.25, 0.3) is 0 Å². The number of aryl methyl sites for hydroxylation is 2. The molecule has 5 heteroatoms. The normalized spacial score (nSPS) is 10.3. The number of methoxy groups -OCH3 is 2. The fourth-order valence-corrected chi connectivity index (χ4v) is 1.92. The predicted molar refractivity (Wildman–Crippen MR) is 74.5 cm³/mol. The second-order valence-corrected chi connectivity index (χ2v) is 4.19. The molecule has 2 aromatic rings. The Bertz CT molecular complexity index is 612. The minimum Gasteiger partial charge on any atom is -0.493 e.